The van der Waals surface area contributed by atoms with E-state index >= 15 is 0 Å². The molecule has 0 saturated carbocycles. The molecule has 1 heterocycles. The van der Waals surface area contributed by atoms with Crippen LogP contribution in [0.2, 0.25) is 0 Å². The Morgan fingerprint density at radius 2 is 1.77 bits per heavy atom. The smallest absolute Gasteiger partial charge is 0.295 e. The number of carbonyl (C=O) groups is 2. The summed E-state index contributed by atoms with van der Waals surface area (Å²) in [5, 5.41) is 20.9. The first-order chi connectivity index (χ1) is 14.2. The van der Waals surface area contributed by atoms with Gasteiger partial charge in [0.1, 0.15) is 11.5 Å². The number of ketones is 1. The molecule has 1 aliphatic heterocycles. The second-order valence-electron chi connectivity index (χ2n) is 7.85. The zero-order valence-electron chi connectivity index (χ0n) is 17.6. The number of carbonyl (C=O) groups excluding carboxylic acids is 2. The van der Waals surface area contributed by atoms with Crippen molar-refractivity contribution in [3.05, 3.63) is 70.8 Å². The topological polar surface area (TPSA) is 87.1 Å². The van der Waals surface area contributed by atoms with Crippen molar-refractivity contribution >= 4 is 17.4 Å². The van der Waals surface area contributed by atoms with Crippen LogP contribution < -0.4 is 4.74 Å². The molecule has 0 aliphatic carbocycles. The number of amides is 1. The maximum atomic E-state index is 12.9. The largest absolute Gasteiger partial charge is 0.507 e. The number of aliphatic hydroxyl groups is 2. The molecule has 2 aromatic rings. The summed E-state index contributed by atoms with van der Waals surface area (Å²) in [6.45, 7) is 5.70. The van der Waals surface area contributed by atoms with Crippen molar-refractivity contribution in [2.24, 2.45) is 0 Å². The first kappa shape index (κ1) is 21.6. The highest BCUT2D eigenvalue weighted by atomic mass is 16.5. The van der Waals surface area contributed by atoms with Gasteiger partial charge in [-0.1, -0.05) is 50.2 Å². The summed E-state index contributed by atoms with van der Waals surface area (Å²) in [6.07, 6.45) is -0.822. The highest BCUT2D eigenvalue weighted by Gasteiger charge is 2.46. The molecule has 1 amide bonds. The van der Waals surface area contributed by atoms with E-state index in [1.165, 1.54) is 12.0 Å². The number of hydrogen-bond acceptors (Lipinski definition) is 5. The van der Waals surface area contributed by atoms with Gasteiger partial charge in [0.05, 0.1) is 24.8 Å². The summed E-state index contributed by atoms with van der Waals surface area (Å²) in [7, 11) is 1.51. The molecule has 0 bridgehead atoms. The fourth-order valence-electron chi connectivity index (χ4n) is 3.69. The van der Waals surface area contributed by atoms with Crippen LogP contribution in [0.4, 0.5) is 0 Å². The van der Waals surface area contributed by atoms with Crippen LogP contribution in [-0.2, 0) is 9.59 Å². The van der Waals surface area contributed by atoms with E-state index in [1.54, 1.807) is 31.2 Å². The molecule has 6 heteroatoms. The Morgan fingerprint density at radius 3 is 2.33 bits per heavy atom. The molecule has 1 saturated heterocycles. The molecule has 2 N–H and O–H groups in total. The van der Waals surface area contributed by atoms with Crippen LogP contribution in [0.1, 0.15) is 49.4 Å². The Hall–Kier alpha value is -3.12. The lowest BCUT2D eigenvalue weighted by Gasteiger charge is -2.26. The van der Waals surface area contributed by atoms with Crippen LogP contribution in [-0.4, -0.2) is 46.6 Å². The SMILES string of the molecule is COc1cccc(/C(O)=C2\C(=O)C(=O)N(CC(C)O)C2c2ccc(C(C)C)cc2)c1. The van der Waals surface area contributed by atoms with E-state index in [-0.39, 0.29) is 17.9 Å². The van der Waals surface area contributed by atoms with Gasteiger partial charge in [-0.05, 0) is 36.1 Å². The normalized spacial score (nSPS) is 19.4. The molecular formula is C24H27NO5. The predicted octanol–water partition coefficient (Wildman–Crippen LogP) is 3.62. The highest BCUT2D eigenvalue weighted by molar-refractivity contribution is 6.46. The van der Waals surface area contributed by atoms with Gasteiger partial charge in [0.15, 0.2) is 0 Å². The number of methoxy groups -OCH3 is 1. The molecule has 1 aliphatic rings. The number of Topliss-reactive ketones (excluding diaryl/α,β-unsaturated/α-hetero) is 1. The third-order valence-electron chi connectivity index (χ3n) is 5.26. The Balaban J connectivity index is 2.17. The van der Waals surface area contributed by atoms with Crippen LogP contribution in [0, 0.1) is 0 Å². The van der Waals surface area contributed by atoms with Gasteiger partial charge in [0.25, 0.3) is 11.7 Å². The van der Waals surface area contributed by atoms with Crippen molar-refractivity contribution in [3.63, 3.8) is 0 Å². The monoisotopic (exact) mass is 409 g/mol. The van der Waals surface area contributed by atoms with Gasteiger partial charge in [-0.3, -0.25) is 9.59 Å². The van der Waals surface area contributed by atoms with Crippen molar-refractivity contribution in [3.8, 4) is 5.75 Å². The minimum Gasteiger partial charge on any atom is -0.507 e. The average molecular weight is 409 g/mol. The van der Waals surface area contributed by atoms with Gasteiger partial charge < -0.3 is 19.8 Å². The van der Waals surface area contributed by atoms with Gasteiger partial charge in [-0.2, -0.15) is 0 Å². The van der Waals surface area contributed by atoms with E-state index < -0.39 is 23.8 Å². The van der Waals surface area contributed by atoms with Gasteiger partial charge >= 0.3 is 0 Å². The minimum absolute atomic E-state index is 0.00574. The molecule has 2 aromatic carbocycles. The standard InChI is InChI=1S/C24H27NO5/c1-14(2)16-8-10-17(11-9-16)21-20(23(28)24(29)25(21)13-15(3)26)22(27)18-6-5-7-19(12-18)30-4/h5-12,14-15,21,26-27H,13H2,1-4H3/b22-20+. The lowest BCUT2D eigenvalue weighted by atomic mass is 9.93. The van der Waals surface area contributed by atoms with Crippen molar-refractivity contribution < 1.29 is 24.5 Å². The number of aliphatic hydroxyl groups excluding tert-OH is 2. The minimum atomic E-state index is -0.822. The first-order valence-electron chi connectivity index (χ1n) is 9.95. The Kier molecular flexibility index (Phi) is 6.27. The van der Waals surface area contributed by atoms with Crippen molar-refractivity contribution in [1.29, 1.82) is 0 Å². The van der Waals surface area contributed by atoms with Crippen molar-refractivity contribution in [1.82, 2.24) is 4.90 Å². The molecule has 0 radical (unpaired) electrons. The third kappa shape index (κ3) is 4.09. The number of benzene rings is 2. The number of rotatable bonds is 6. The van der Waals surface area contributed by atoms with E-state index in [1.807, 2.05) is 24.3 Å². The van der Waals surface area contributed by atoms with E-state index in [9.17, 15) is 19.8 Å². The van der Waals surface area contributed by atoms with Gasteiger partial charge in [-0.15, -0.1) is 0 Å². The number of nitrogens with zero attached hydrogens (tertiary/aromatic N) is 1. The van der Waals surface area contributed by atoms with Crippen molar-refractivity contribution in [2.45, 2.75) is 38.8 Å². The van der Waals surface area contributed by atoms with Crippen LogP contribution >= 0.6 is 0 Å². The van der Waals surface area contributed by atoms with Crippen LogP contribution in [0.15, 0.2) is 54.1 Å². The van der Waals surface area contributed by atoms with Crippen LogP contribution in [0.3, 0.4) is 0 Å². The fraction of sp³-hybridized carbons (Fsp3) is 0.333. The first-order valence-corrected chi connectivity index (χ1v) is 9.95. The lowest BCUT2D eigenvalue weighted by Crippen LogP contribution is -2.35. The Bertz CT molecular complexity index is 975. The molecule has 1 fully saturated rings. The van der Waals surface area contributed by atoms with Gasteiger partial charge in [0.2, 0.25) is 0 Å². The molecule has 0 aromatic heterocycles. The predicted molar refractivity (Wildman–Crippen MR) is 114 cm³/mol. The summed E-state index contributed by atoms with van der Waals surface area (Å²) in [5.74, 6) is -0.916. The van der Waals surface area contributed by atoms with Gasteiger partial charge in [0, 0.05) is 12.1 Å². The van der Waals surface area contributed by atoms with Crippen LogP contribution in [0.5, 0.6) is 5.75 Å². The zero-order chi connectivity index (χ0) is 22.0. The number of β-amino-alcohol motifs (C(OH)–C–C–N with tert-alkyl or cyclic N) is 1. The number of hydrogen-bond donors (Lipinski definition) is 2. The van der Waals surface area contributed by atoms with E-state index in [2.05, 4.69) is 13.8 Å². The average Bonchev–Trinajstić information content (AvgIpc) is 2.97. The highest BCUT2D eigenvalue weighted by Crippen LogP contribution is 2.40. The second-order valence-corrected chi connectivity index (χ2v) is 7.85. The molecular weight excluding hydrogens is 382 g/mol. The maximum absolute atomic E-state index is 12.9. The molecule has 2 atom stereocenters. The second kappa shape index (κ2) is 8.71. The van der Waals surface area contributed by atoms with Crippen LogP contribution in [0.25, 0.3) is 5.76 Å². The molecule has 0 spiro atoms. The van der Waals surface area contributed by atoms with Crippen molar-refractivity contribution in [2.75, 3.05) is 13.7 Å². The molecule has 6 nitrogen and oxygen atoms in total. The van der Waals surface area contributed by atoms with Gasteiger partial charge in [-0.25, -0.2) is 0 Å². The molecule has 158 valence electrons. The summed E-state index contributed by atoms with van der Waals surface area (Å²) in [5.41, 5.74) is 2.21. The zero-order valence-corrected chi connectivity index (χ0v) is 17.6. The van der Waals surface area contributed by atoms with E-state index in [0.717, 1.165) is 5.56 Å². The lowest BCUT2D eigenvalue weighted by molar-refractivity contribution is -0.140. The van der Waals surface area contributed by atoms with E-state index in [0.29, 0.717) is 22.8 Å². The Labute approximate surface area is 176 Å². The Morgan fingerprint density at radius 1 is 1.10 bits per heavy atom. The summed E-state index contributed by atoms with van der Waals surface area (Å²) >= 11 is 0. The summed E-state index contributed by atoms with van der Waals surface area (Å²) in [4.78, 5) is 27.0. The molecule has 3 rings (SSSR count). The molecule has 2 unspecified atom stereocenters. The third-order valence-corrected chi connectivity index (χ3v) is 5.26. The summed E-state index contributed by atoms with van der Waals surface area (Å²) in [6, 6.07) is 13.5. The maximum Gasteiger partial charge on any atom is 0.295 e. The quantitative estimate of drug-likeness (QED) is 0.432. The molecule has 30 heavy (non-hydrogen) atoms. The number of ether oxygens (including phenoxy) is 1. The number of likely N-dealkylation sites (tertiary alicyclic amines) is 1. The van der Waals surface area contributed by atoms with E-state index in [4.69, 9.17) is 4.74 Å². The summed E-state index contributed by atoms with van der Waals surface area (Å²) < 4.78 is 5.21. The fourth-order valence-corrected chi connectivity index (χ4v) is 3.69.